The summed E-state index contributed by atoms with van der Waals surface area (Å²) in [7, 11) is 0. The number of rotatable bonds is 7. The standard InChI is InChI=1S/C18H19BrN2O3/c1-3-23-16-10-7-14(17(11-16)24-4-2)12-20-21-18(22)13-5-8-15(19)9-6-13/h5-12H,3-4H2,1-2H3,(H,21,22)/b20-12+. The van der Waals surface area contributed by atoms with Gasteiger partial charge >= 0.3 is 0 Å². The second-order valence-electron chi connectivity index (χ2n) is 4.77. The van der Waals surface area contributed by atoms with Crippen LogP contribution in [0.4, 0.5) is 0 Å². The number of amides is 1. The molecule has 0 atom stereocenters. The molecule has 24 heavy (non-hydrogen) atoms. The Kier molecular flexibility index (Phi) is 6.81. The lowest BCUT2D eigenvalue weighted by molar-refractivity contribution is 0.0955. The molecule has 0 fully saturated rings. The molecule has 0 spiro atoms. The second-order valence-corrected chi connectivity index (χ2v) is 5.69. The first-order chi connectivity index (χ1) is 11.6. The van der Waals surface area contributed by atoms with Crippen LogP contribution in [0.5, 0.6) is 11.5 Å². The molecule has 126 valence electrons. The fourth-order valence-corrected chi connectivity index (χ4v) is 2.25. The van der Waals surface area contributed by atoms with Crippen LogP contribution in [0, 0.1) is 0 Å². The number of hydrogen-bond acceptors (Lipinski definition) is 4. The number of hydrazone groups is 1. The number of nitrogens with zero attached hydrogens (tertiary/aromatic N) is 1. The van der Waals surface area contributed by atoms with E-state index in [1.165, 1.54) is 0 Å². The molecule has 1 amide bonds. The zero-order valence-electron chi connectivity index (χ0n) is 13.6. The number of benzene rings is 2. The van der Waals surface area contributed by atoms with Crippen LogP contribution in [0.2, 0.25) is 0 Å². The number of carbonyl (C=O) groups excluding carboxylic acids is 1. The Morgan fingerprint density at radius 3 is 2.50 bits per heavy atom. The maximum atomic E-state index is 12.0. The maximum absolute atomic E-state index is 12.0. The first kappa shape index (κ1) is 18.0. The summed E-state index contributed by atoms with van der Waals surface area (Å²) in [5, 5.41) is 4.00. The van der Waals surface area contributed by atoms with Gasteiger partial charge in [-0.1, -0.05) is 15.9 Å². The van der Waals surface area contributed by atoms with Crippen LogP contribution in [-0.4, -0.2) is 25.3 Å². The van der Waals surface area contributed by atoms with Gasteiger partial charge in [0.15, 0.2) is 0 Å². The Balaban J connectivity index is 2.07. The molecule has 0 saturated carbocycles. The van der Waals surface area contributed by atoms with Crippen LogP contribution in [0.1, 0.15) is 29.8 Å². The average molecular weight is 391 g/mol. The Bertz CT molecular complexity index is 715. The van der Waals surface area contributed by atoms with E-state index in [4.69, 9.17) is 9.47 Å². The number of carbonyl (C=O) groups is 1. The molecule has 0 aromatic heterocycles. The lowest BCUT2D eigenvalue weighted by Crippen LogP contribution is -2.17. The van der Waals surface area contributed by atoms with Crippen molar-refractivity contribution in [2.24, 2.45) is 5.10 Å². The normalized spacial score (nSPS) is 10.6. The zero-order chi connectivity index (χ0) is 17.4. The minimum atomic E-state index is -0.275. The smallest absolute Gasteiger partial charge is 0.271 e. The van der Waals surface area contributed by atoms with Gasteiger partial charge in [-0.15, -0.1) is 0 Å². The van der Waals surface area contributed by atoms with Gasteiger partial charge in [-0.3, -0.25) is 4.79 Å². The monoisotopic (exact) mass is 390 g/mol. The molecule has 2 aromatic rings. The summed E-state index contributed by atoms with van der Waals surface area (Å²) < 4.78 is 12.0. The molecule has 0 saturated heterocycles. The summed E-state index contributed by atoms with van der Waals surface area (Å²) in [6.45, 7) is 4.95. The third-order valence-electron chi connectivity index (χ3n) is 3.07. The topological polar surface area (TPSA) is 59.9 Å². The van der Waals surface area contributed by atoms with Crippen LogP contribution in [0.15, 0.2) is 52.0 Å². The van der Waals surface area contributed by atoms with Gasteiger partial charge in [0.25, 0.3) is 5.91 Å². The Morgan fingerprint density at radius 2 is 1.83 bits per heavy atom. The van der Waals surface area contributed by atoms with E-state index in [9.17, 15) is 4.79 Å². The predicted molar refractivity (Wildman–Crippen MR) is 98.0 cm³/mol. The third-order valence-corrected chi connectivity index (χ3v) is 3.60. The number of hydrogen-bond donors (Lipinski definition) is 1. The molecular weight excluding hydrogens is 372 g/mol. The Hall–Kier alpha value is -2.34. The van der Waals surface area contributed by atoms with E-state index in [2.05, 4.69) is 26.5 Å². The summed E-state index contributed by atoms with van der Waals surface area (Å²) >= 11 is 3.33. The first-order valence-corrected chi connectivity index (χ1v) is 8.42. The van der Waals surface area contributed by atoms with Gasteiger partial charge in [0.1, 0.15) is 11.5 Å². The minimum Gasteiger partial charge on any atom is -0.494 e. The molecule has 0 aliphatic rings. The van der Waals surface area contributed by atoms with Gasteiger partial charge in [0.2, 0.25) is 0 Å². The highest BCUT2D eigenvalue weighted by Crippen LogP contribution is 2.24. The number of halogens is 1. The number of nitrogens with one attached hydrogen (secondary N) is 1. The molecule has 2 rings (SSSR count). The zero-order valence-corrected chi connectivity index (χ0v) is 15.2. The molecule has 5 nitrogen and oxygen atoms in total. The molecule has 0 radical (unpaired) electrons. The van der Waals surface area contributed by atoms with Crippen molar-refractivity contribution in [2.75, 3.05) is 13.2 Å². The van der Waals surface area contributed by atoms with Gasteiger partial charge < -0.3 is 9.47 Å². The third kappa shape index (κ3) is 5.09. The predicted octanol–water partition coefficient (Wildman–Crippen LogP) is 4.01. The quantitative estimate of drug-likeness (QED) is 0.573. The van der Waals surface area contributed by atoms with Crippen LogP contribution in [0.25, 0.3) is 0 Å². The molecule has 0 bridgehead atoms. The molecule has 2 aromatic carbocycles. The van der Waals surface area contributed by atoms with E-state index in [-0.39, 0.29) is 5.91 Å². The average Bonchev–Trinajstić information content (AvgIpc) is 2.58. The van der Waals surface area contributed by atoms with Crippen molar-refractivity contribution >= 4 is 28.1 Å². The Labute approximate surface area is 149 Å². The summed E-state index contributed by atoms with van der Waals surface area (Å²) in [5.41, 5.74) is 3.80. The second kappa shape index (κ2) is 9.08. The van der Waals surface area contributed by atoms with Crippen molar-refractivity contribution in [3.05, 3.63) is 58.1 Å². The summed E-state index contributed by atoms with van der Waals surface area (Å²) in [6, 6.07) is 12.5. The maximum Gasteiger partial charge on any atom is 0.271 e. The molecule has 0 unspecified atom stereocenters. The van der Waals surface area contributed by atoms with Crippen molar-refractivity contribution in [2.45, 2.75) is 13.8 Å². The largest absolute Gasteiger partial charge is 0.494 e. The van der Waals surface area contributed by atoms with E-state index in [0.29, 0.717) is 24.5 Å². The van der Waals surface area contributed by atoms with Crippen LogP contribution >= 0.6 is 15.9 Å². The minimum absolute atomic E-state index is 0.275. The van der Waals surface area contributed by atoms with E-state index in [1.54, 1.807) is 30.5 Å². The van der Waals surface area contributed by atoms with E-state index in [1.807, 2.05) is 32.0 Å². The highest BCUT2D eigenvalue weighted by Gasteiger charge is 2.06. The van der Waals surface area contributed by atoms with Crippen LogP contribution in [-0.2, 0) is 0 Å². The van der Waals surface area contributed by atoms with E-state index in [0.717, 1.165) is 15.8 Å². The van der Waals surface area contributed by atoms with E-state index >= 15 is 0 Å². The number of ether oxygens (including phenoxy) is 2. The summed E-state index contributed by atoms with van der Waals surface area (Å²) in [6.07, 6.45) is 1.55. The lowest BCUT2D eigenvalue weighted by atomic mass is 10.2. The molecule has 1 N–H and O–H groups in total. The van der Waals surface area contributed by atoms with Crippen molar-refractivity contribution in [3.8, 4) is 11.5 Å². The van der Waals surface area contributed by atoms with Gasteiger partial charge in [0, 0.05) is 21.7 Å². The summed E-state index contributed by atoms with van der Waals surface area (Å²) in [4.78, 5) is 12.0. The molecular formula is C18H19BrN2O3. The van der Waals surface area contributed by atoms with Crippen LogP contribution < -0.4 is 14.9 Å². The van der Waals surface area contributed by atoms with Crippen molar-refractivity contribution in [1.82, 2.24) is 5.43 Å². The highest BCUT2D eigenvalue weighted by molar-refractivity contribution is 9.10. The molecule has 6 heteroatoms. The molecule has 0 heterocycles. The SMILES string of the molecule is CCOc1ccc(/C=N/NC(=O)c2ccc(Br)cc2)c(OCC)c1. The summed E-state index contributed by atoms with van der Waals surface area (Å²) in [5.74, 6) is 1.12. The fourth-order valence-electron chi connectivity index (χ4n) is 1.98. The highest BCUT2D eigenvalue weighted by atomic mass is 79.9. The fraction of sp³-hybridized carbons (Fsp3) is 0.222. The van der Waals surface area contributed by atoms with Crippen molar-refractivity contribution in [3.63, 3.8) is 0 Å². The molecule has 0 aliphatic carbocycles. The molecule has 0 aliphatic heterocycles. The van der Waals surface area contributed by atoms with Crippen molar-refractivity contribution < 1.29 is 14.3 Å². The van der Waals surface area contributed by atoms with Crippen molar-refractivity contribution in [1.29, 1.82) is 0 Å². The first-order valence-electron chi connectivity index (χ1n) is 7.62. The van der Waals surface area contributed by atoms with Gasteiger partial charge in [0.05, 0.1) is 19.4 Å². The lowest BCUT2D eigenvalue weighted by Gasteiger charge is -2.10. The van der Waals surface area contributed by atoms with Gasteiger partial charge in [-0.25, -0.2) is 5.43 Å². The van der Waals surface area contributed by atoms with E-state index < -0.39 is 0 Å². The Morgan fingerprint density at radius 1 is 1.12 bits per heavy atom. The van der Waals surface area contributed by atoms with Gasteiger partial charge in [-0.2, -0.15) is 5.10 Å². The van der Waals surface area contributed by atoms with Crippen LogP contribution in [0.3, 0.4) is 0 Å². The van der Waals surface area contributed by atoms with Gasteiger partial charge in [-0.05, 0) is 50.2 Å².